The number of nitrogens with zero attached hydrogens (tertiary/aromatic N) is 2. The third kappa shape index (κ3) is 9.07. The molecule has 1 aromatic heterocycles. The van der Waals surface area contributed by atoms with Crippen LogP contribution in [0.1, 0.15) is 80.9 Å². The van der Waals surface area contributed by atoms with Gasteiger partial charge in [0.25, 0.3) is 0 Å². The van der Waals surface area contributed by atoms with Crippen LogP contribution in [0.3, 0.4) is 0 Å². The van der Waals surface area contributed by atoms with Gasteiger partial charge in [0.05, 0.1) is 28.6 Å². The highest BCUT2D eigenvalue weighted by Gasteiger charge is 2.29. The lowest BCUT2D eigenvalue weighted by Crippen LogP contribution is -2.40. The standard InChI is InChI=1S/C31H38Cl2N2O5/c1-31(2,3)40-30(38)35-19-11-13-21-17-18-23(34-28(21)35)14-9-7-5-6-8-12-22(29(37)39-4)20-26(36)27-24(32)15-10-16-25(27)33/h6,8,10,15-18,22H,5,7,9,11-14,19-20H2,1-4H3/b8-6+/t22-/m1/s1. The first kappa shape index (κ1) is 31.6. The lowest BCUT2D eigenvalue weighted by molar-refractivity contribution is -0.145. The van der Waals surface area contributed by atoms with Gasteiger partial charge in [-0.05, 0) is 89.5 Å². The monoisotopic (exact) mass is 588 g/mol. The molecule has 0 bridgehead atoms. The molecule has 0 aliphatic carbocycles. The molecule has 1 aromatic carbocycles. The minimum atomic E-state index is -0.617. The van der Waals surface area contributed by atoms with Gasteiger partial charge in [-0.25, -0.2) is 9.78 Å². The minimum absolute atomic E-state index is 0.0369. The summed E-state index contributed by atoms with van der Waals surface area (Å²) in [5.41, 5.74) is 1.68. The van der Waals surface area contributed by atoms with E-state index in [0.717, 1.165) is 49.8 Å². The lowest BCUT2D eigenvalue weighted by atomic mass is 9.95. The predicted octanol–water partition coefficient (Wildman–Crippen LogP) is 7.80. The minimum Gasteiger partial charge on any atom is -0.469 e. The Hall–Kier alpha value is -2.90. The number of unbranched alkanes of at least 4 members (excludes halogenated alkanes) is 2. The molecule has 1 aliphatic heterocycles. The Balaban J connectivity index is 1.50. The molecular weight excluding hydrogens is 551 g/mol. The molecule has 0 N–H and O–H groups in total. The number of fused-ring (bicyclic) bond motifs is 1. The predicted molar refractivity (Wildman–Crippen MR) is 158 cm³/mol. The number of ether oxygens (including phenoxy) is 2. The van der Waals surface area contributed by atoms with Gasteiger partial charge >= 0.3 is 12.1 Å². The number of methoxy groups -OCH3 is 1. The summed E-state index contributed by atoms with van der Waals surface area (Å²) in [6.07, 6.45) is 9.19. The summed E-state index contributed by atoms with van der Waals surface area (Å²) in [5, 5.41) is 0.533. The number of ketones is 1. The number of hydrogen-bond donors (Lipinski definition) is 0. The maximum absolute atomic E-state index is 12.8. The summed E-state index contributed by atoms with van der Waals surface area (Å²) < 4.78 is 10.5. The Kier molecular flexibility index (Phi) is 11.6. The number of aromatic nitrogens is 1. The lowest BCUT2D eigenvalue weighted by Gasteiger charge is -2.31. The number of carbonyl (C=O) groups is 3. The third-order valence-corrected chi connectivity index (χ3v) is 7.19. The van der Waals surface area contributed by atoms with Crippen LogP contribution < -0.4 is 4.90 Å². The molecule has 40 heavy (non-hydrogen) atoms. The molecule has 0 unspecified atom stereocenters. The molecule has 0 spiro atoms. The van der Waals surface area contributed by atoms with Crippen molar-refractivity contribution in [3.63, 3.8) is 0 Å². The molecule has 9 heteroatoms. The van der Waals surface area contributed by atoms with Gasteiger partial charge < -0.3 is 9.47 Å². The van der Waals surface area contributed by atoms with Crippen molar-refractivity contribution in [1.82, 2.24) is 4.98 Å². The number of anilines is 1. The molecular formula is C31H38Cl2N2O5. The first-order chi connectivity index (χ1) is 19.0. The summed E-state index contributed by atoms with van der Waals surface area (Å²) in [6, 6.07) is 8.98. The molecule has 2 heterocycles. The second-order valence-corrected chi connectivity index (χ2v) is 11.7. The Morgan fingerprint density at radius 1 is 1.07 bits per heavy atom. The van der Waals surface area contributed by atoms with Crippen molar-refractivity contribution in [2.75, 3.05) is 18.6 Å². The van der Waals surface area contributed by atoms with Gasteiger partial charge in [-0.2, -0.15) is 0 Å². The van der Waals surface area contributed by atoms with E-state index < -0.39 is 17.5 Å². The number of aryl methyl sites for hydroxylation is 2. The molecule has 2 aromatic rings. The zero-order chi connectivity index (χ0) is 29.3. The molecule has 0 saturated heterocycles. The van der Waals surface area contributed by atoms with E-state index in [1.165, 1.54) is 7.11 Å². The van der Waals surface area contributed by atoms with E-state index in [4.69, 9.17) is 37.7 Å². The first-order valence-corrected chi connectivity index (χ1v) is 14.4. The van der Waals surface area contributed by atoms with Crippen molar-refractivity contribution in [3.8, 4) is 0 Å². The van der Waals surface area contributed by atoms with Gasteiger partial charge in [0.1, 0.15) is 11.4 Å². The Morgan fingerprint density at radius 3 is 2.48 bits per heavy atom. The normalized spacial score (nSPS) is 14.1. The number of hydrogen-bond acceptors (Lipinski definition) is 6. The summed E-state index contributed by atoms with van der Waals surface area (Å²) >= 11 is 12.3. The fourth-order valence-corrected chi connectivity index (χ4v) is 5.19. The number of esters is 1. The van der Waals surface area contributed by atoms with Gasteiger partial charge in [0.15, 0.2) is 5.78 Å². The summed E-state index contributed by atoms with van der Waals surface area (Å²) in [7, 11) is 1.31. The summed E-state index contributed by atoms with van der Waals surface area (Å²) in [6.45, 7) is 6.19. The molecule has 0 fully saturated rings. The average molecular weight is 590 g/mol. The molecule has 1 aliphatic rings. The second kappa shape index (κ2) is 14.6. The Morgan fingerprint density at radius 2 is 1.80 bits per heavy atom. The number of benzene rings is 1. The van der Waals surface area contributed by atoms with E-state index in [0.29, 0.717) is 18.8 Å². The average Bonchev–Trinajstić information content (AvgIpc) is 2.89. The highest BCUT2D eigenvalue weighted by atomic mass is 35.5. The number of Topliss-reactive ketones (excluding diaryl/α,β-unsaturated/α-hetero) is 1. The molecule has 0 saturated carbocycles. The van der Waals surface area contributed by atoms with Gasteiger partial charge in [0.2, 0.25) is 0 Å². The van der Waals surface area contributed by atoms with Gasteiger partial charge in [-0.1, -0.05) is 47.5 Å². The highest BCUT2D eigenvalue weighted by molar-refractivity contribution is 6.39. The van der Waals surface area contributed by atoms with Crippen LogP contribution in [0.15, 0.2) is 42.5 Å². The van der Waals surface area contributed by atoms with E-state index in [1.54, 1.807) is 23.1 Å². The Labute approximate surface area is 246 Å². The maximum Gasteiger partial charge on any atom is 0.416 e. The van der Waals surface area contributed by atoms with Crippen LogP contribution in [0, 0.1) is 5.92 Å². The van der Waals surface area contributed by atoms with Crippen LogP contribution in [0.25, 0.3) is 0 Å². The van der Waals surface area contributed by atoms with Gasteiger partial charge in [0, 0.05) is 18.7 Å². The largest absolute Gasteiger partial charge is 0.469 e. The van der Waals surface area contributed by atoms with Crippen molar-refractivity contribution < 1.29 is 23.9 Å². The molecule has 1 atom stereocenters. The quantitative estimate of drug-likeness (QED) is 0.115. The zero-order valence-electron chi connectivity index (χ0n) is 23.7. The molecule has 3 rings (SSSR count). The van der Waals surface area contributed by atoms with E-state index in [9.17, 15) is 14.4 Å². The van der Waals surface area contributed by atoms with E-state index >= 15 is 0 Å². The molecule has 1 amide bonds. The summed E-state index contributed by atoms with van der Waals surface area (Å²) in [5.74, 6) is -0.643. The van der Waals surface area contributed by atoms with Crippen molar-refractivity contribution in [2.24, 2.45) is 5.92 Å². The van der Waals surface area contributed by atoms with Crippen LogP contribution in [0.4, 0.5) is 10.6 Å². The number of allylic oxidation sites excluding steroid dienone is 2. The van der Waals surface area contributed by atoms with Gasteiger partial charge in [-0.15, -0.1) is 0 Å². The summed E-state index contributed by atoms with van der Waals surface area (Å²) in [4.78, 5) is 44.3. The molecule has 0 radical (unpaired) electrons. The van der Waals surface area contributed by atoms with Gasteiger partial charge in [-0.3, -0.25) is 14.5 Å². The molecule has 216 valence electrons. The van der Waals surface area contributed by atoms with Crippen LogP contribution in [-0.4, -0.2) is 42.1 Å². The van der Waals surface area contributed by atoms with Crippen LogP contribution in [0.2, 0.25) is 10.0 Å². The van der Waals surface area contributed by atoms with Crippen LogP contribution in [-0.2, 0) is 27.1 Å². The van der Waals surface area contributed by atoms with E-state index in [1.807, 2.05) is 39.0 Å². The van der Waals surface area contributed by atoms with Crippen molar-refractivity contribution in [3.05, 3.63) is 69.3 Å². The first-order valence-electron chi connectivity index (χ1n) is 13.7. The van der Waals surface area contributed by atoms with E-state index in [2.05, 4.69) is 6.07 Å². The van der Waals surface area contributed by atoms with Crippen LogP contribution >= 0.6 is 23.2 Å². The number of amides is 1. The van der Waals surface area contributed by atoms with Crippen molar-refractivity contribution in [2.45, 2.75) is 77.7 Å². The third-order valence-electron chi connectivity index (χ3n) is 6.56. The molecule has 7 nitrogen and oxygen atoms in total. The maximum atomic E-state index is 12.8. The fraction of sp³-hybridized carbons (Fsp3) is 0.484. The smallest absolute Gasteiger partial charge is 0.416 e. The second-order valence-electron chi connectivity index (χ2n) is 10.9. The zero-order valence-corrected chi connectivity index (χ0v) is 25.2. The number of rotatable bonds is 11. The fourth-order valence-electron chi connectivity index (χ4n) is 4.58. The number of halogens is 2. The topological polar surface area (TPSA) is 85.8 Å². The van der Waals surface area contributed by atoms with E-state index in [-0.39, 0.29) is 33.9 Å². The highest BCUT2D eigenvalue weighted by Crippen LogP contribution is 2.29. The van der Waals surface area contributed by atoms with Crippen molar-refractivity contribution >= 4 is 46.9 Å². The van der Waals surface area contributed by atoms with Crippen LogP contribution in [0.5, 0.6) is 0 Å². The Bertz CT molecular complexity index is 1220. The number of pyridine rings is 1. The van der Waals surface area contributed by atoms with Crippen molar-refractivity contribution in [1.29, 1.82) is 0 Å². The number of carbonyl (C=O) groups excluding carboxylic acids is 3. The SMILES string of the molecule is COC(=O)[C@H](C/C=C/CCCCc1ccc2c(n1)N(C(=O)OC(C)(C)C)CCC2)CC(=O)c1c(Cl)cccc1Cl.